The van der Waals surface area contributed by atoms with Gasteiger partial charge in [0.1, 0.15) is 0 Å². The van der Waals surface area contributed by atoms with E-state index in [0.717, 1.165) is 12.0 Å². The van der Waals surface area contributed by atoms with E-state index in [0.29, 0.717) is 5.92 Å². The molecule has 4 heteroatoms. The molecule has 1 N–H and O–H groups in total. The lowest BCUT2D eigenvalue weighted by atomic mass is 9.99. The highest BCUT2D eigenvalue weighted by atomic mass is 32.2. The molecule has 1 atom stereocenters. The molecule has 0 fully saturated rings. The number of hydrogen-bond donors (Lipinski definition) is 1. The molecule has 0 saturated heterocycles. The van der Waals surface area contributed by atoms with Gasteiger partial charge in [0.05, 0.1) is 16.2 Å². The lowest BCUT2D eigenvalue weighted by Crippen LogP contribution is -2.30. The van der Waals surface area contributed by atoms with E-state index in [1.165, 1.54) is 13.8 Å². The number of rotatable bonds is 5. The first-order chi connectivity index (χ1) is 8.15. The fraction of sp³-hybridized carbons (Fsp3) is 0.571. The van der Waals surface area contributed by atoms with Gasteiger partial charge in [-0.25, -0.2) is 8.42 Å². The van der Waals surface area contributed by atoms with Gasteiger partial charge in [0, 0.05) is 0 Å². The first-order valence-electron chi connectivity index (χ1n) is 6.21. The fourth-order valence-corrected chi connectivity index (χ4v) is 3.44. The summed E-state index contributed by atoms with van der Waals surface area (Å²) in [5.41, 5.74) is -0.0755. The summed E-state index contributed by atoms with van der Waals surface area (Å²) in [6.45, 7) is 7.21. The van der Waals surface area contributed by atoms with Crippen LogP contribution in [0.1, 0.15) is 45.6 Å². The summed E-state index contributed by atoms with van der Waals surface area (Å²) in [4.78, 5) is 0.275. The SMILES string of the molecule is CCC(C)c1ccc(S(=O)(=O)CC(C)(C)O)cc1. The number of aliphatic hydroxyl groups is 1. The van der Waals surface area contributed by atoms with Crippen LogP contribution >= 0.6 is 0 Å². The summed E-state index contributed by atoms with van der Waals surface area (Å²) >= 11 is 0. The Balaban J connectivity index is 2.98. The van der Waals surface area contributed by atoms with Gasteiger partial charge < -0.3 is 5.11 Å². The van der Waals surface area contributed by atoms with E-state index in [9.17, 15) is 13.5 Å². The molecule has 1 aromatic carbocycles. The van der Waals surface area contributed by atoms with Crippen molar-refractivity contribution in [3.05, 3.63) is 29.8 Å². The van der Waals surface area contributed by atoms with Crippen LogP contribution < -0.4 is 0 Å². The number of benzene rings is 1. The Morgan fingerprint density at radius 1 is 1.22 bits per heavy atom. The predicted octanol–water partition coefficient (Wildman–Crippen LogP) is 2.74. The Kier molecular flexibility index (Phi) is 4.56. The minimum Gasteiger partial charge on any atom is -0.389 e. The lowest BCUT2D eigenvalue weighted by molar-refractivity contribution is 0.105. The third-order valence-corrected chi connectivity index (χ3v) is 5.04. The minimum atomic E-state index is -3.42. The molecule has 0 aliphatic rings. The average molecular weight is 270 g/mol. The standard InChI is InChI=1S/C14H22O3S/c1-5-11(2)12-6-8-13(9-7-12)18(16,17)10-14(3,4)15/h6-9,11,15H,5,10H2,1-4H3. The van der Waals surface area contributed by atoms with Crippen LogP contribution in [0.5, 0.6) is 0 Å². The lowest BCUT2D eigenvalue weighted by Gasteiger charge is -2.17. The van der Waals surface area contributed by atoms with Crippen molar-refractivity contribution >= 4 is 9.84 Å². The highest BCUT2D eigenvalue weighted by Crippen LogP contribution is 2.22. The summed E-state index contributed by atoms with van der Waals surface area (Å²) in [6, 6.07) is 6.96. The maximum atomic E-state index is 12.0. The third-order valence-electron chi connectivity index (χ3n) is 2.96. The Morgan fingerprint density at radius 2 is 1.72 bits per heavy atom. The third kappa shape index (κ3) is 4.10. The molecule has 0 amide bonds. The van der Waals surface area contributed by atoms with Gasteiger partial charge >= 0.3 is 0 Å². The quantitative estimate of drug-likeness (QED) is 0.895. The topological polar surface area (TPSA) is 54.4 Å². The zero-order valence-electron chi connectivity index (χ0n) is 11.5. The Bertz CT molecular complexity index is 481. The molecule has 0 heterocycles. The van der Waals surface area contributed by atoms with Crippen LogP contribution in [0.2, 0.25) is 0 Å². The van der Waals surface area contributed by atoms with Gasteiger partial charge in [-0.2, -0.15) is 0 Å². The van der Waals surface area contributed by atoms with Gasteiger partial charge in [-0.3, -0.25) is 0 Å². The average Bonchev–Trinajstić information content (AvgIpc) is 2.25. The van der Waals surface area contributed by atoms with Crippen molar-refractivity contribution in [3.8, 4) is 0 Å². The molecule has 1 unspecified atom stereocenters. The molecule has 1 aromatic rings. The van der Waals surface area contributed by atoms with Crippen molar-refractivity contribution in [2.24, 2.45) is 0 Å². The molecule has 0 aliphatic carbocycles. The highest BCUT2D eigenvalue weighted by molar-refractivity contribution is 7.91. The predicted molar refractivity (Wildman–Crippen MR) is 73.5 cm³/mol. The van der Waals surface area contributed by atoms with Gasteiger partial charge in [-0.1, -0.05) is 26.0 Å². The van der Waals surface area contributed by atoms with Gasteiger partial charge in [0.25, 0.3) is 0 Å². The molecule has 3 nitrogen and oxygen atoms in total. The largest absolute Gasteiger partial charge is 0.389 e. The Hall–Kier alpha value is -0.870. The van der Waals surface area contributed by atoms with E-state index in [1.807, 2.05) is 12.1 Å². The molecule has 0 aromatic heterocycles. The molecule has 0 radical (unpaired) electrons. The molecule has 102 valence electrons. The summed E-state index contributed by atoms with van der Waals surface area (Å²) in [6.07, 6.45) is 1.02. The first-order valence-corrected chi connectivity index (χ1v) is 7.86. The van der Waals surface area contributed by atoms with Gasteiger partial charge in [-0.05, 0) is 43.9 Å². The summed E-state index contributed by atoms with van der Waals surface area (Å²) in [5, 5.41) is 9.62. The van der Waals surface area contributed by atoms with Crippen LogP contribution in [0.4, 0.5) is 0 Å². The Labute approximate surface area is 110 Å². The van der Waals surface area contributed by atoms with Crippen LogP contribution in [0, 0.1) is 0 Å². The normalized spacial score (nSPS) is 14.5. The molecule has 18 heavy (non-hydrogen) atoms. The van der Waals surface area contributed by atoms with Crippen molar-refractivity contribution in [2.75, 3.05) is 5.75 Å². The molecular formula is C14H22O3S. The first kappa shape index (κ1) is 15.2. The smallest absolute Gasteiger partial charge is 0.181 e. The van der Waals surface area contributed by atoms with E-state index in [4.69, 9.17) is 0 Å². The molecule has 0 spiro atoms. The van der Waals surface area contributed by atoms with Crippen molar-refractivity contribution < 1.29 is 13.5 Å². The van der Waals surface area contributed by atoms with E-state index in [1.54, 1.807) is 12.1 Å². The van der Waals surface area contributed by atoms with E-state index in [-0.39, 0.29) is 10.6 Å². The Morgan fingerprint density at radius 3 is 2.11 bits per heavy atom. The van der Waals surface area contributed by atoms with Gasteiger partial charge in [-0.15, -0.1) is 0 Å². The molecule has 0 aliphatic heterocycles. The second-order valence-corrected chi connectivity index (χ2v) is 7.44. The maximum absolute atomic E-state index is 12.0. The van der Waals surface area contributed by atoms with E-state index in [2.05, 4.69) is 13.8 Å². The van der Waals surface area contributed by atoms with Crippen molar-refractivity contribution in [2.45, 2.75) is 50.5 Å². The zero-order valence-corrected chi connectivity index (χ0v) is 12.3. The van der Waals surface area contributed by atoms with Crippen LogP contribution in [-0.2, 0) is 9.84 Å². The summed E-state index contributed by atoms with van der Waals surface area (Å²) < 4.78 is 24.1. The second-order valence-electron chi connectivity index (χ2n) is 5.45. The molecule has 0 bridgehead atoms. The minimum absolute atomic E-state index is 0.261. The monoisotopic (exact) mass is 270 g/mol. The van der Waals surface area contributed by atoms with Crippen molar-refractivity contribution in [3.63, 3.8) is 0 Å². The van der Waals surface area contributed by atoms with E-state index >= 15 is 0 Å². The maximum Gasteiger partial charge on any atom is 0.181 e. The highest BCUT2D eigenvalue weighted by Gasteiger charge is 2.25. The second kappa shape index (κ2) is 5.41. The number of sulfone groups is 1. The van der Waals surface area contributed by atoms with Crippen molar-refractivity contribution in [1.29, 1.82) is 0 Å². The summed E-state index contributed by atoms with van der Waals surface area (Å²) in [5.74, 6) is 0.166. The molecular weight excluding hydrogens is 248 g/mol. The van der Waals surface area contributed by atoms with Crippen molar-refractivity contribution in [1.82, 2.24) is 0 Å². The van der Waals surface area contributed by atoms with Crippen LogP contribution in [0.25, 0.3) is 0 Å². The summed E-state index contributed by atoms with van der Waals surface area (Å²) in [7, 11) is -3.42. The van der Waals surface area contributed by atoms with Crippen LogP contribution in [0.3, 0.4) is 0 Å². The fourth-order valence-electron chi connectivity index (χ4n) is 1.79. The number of hydrogen-bond acceptors (Lipinski definition) is 3. The van der Waals surface area contributed by atoms with Crippen LogP contribution in [-0.4, -0.2) is 24.9 Å². The van der Waals surface area contributed by atoms with Crippen LogP contribution in [0.15, 0.2) is 29.2 Å². The molecule has 0 saturated carbocycles. The van der Waals surface area contributed by atoms with E-state index < -0.39 is 15.4 Å². The van der Waals surface area contributed by atoms with Gasteiger partial charge in [0.15, 0.2) is 9.84 Å². The van der Waals surface area contributed by atoms with Gasteiger partial charge in [0.2, 0.25) is 0 Å². The molecule has 1 rings (SSSR count). The zero-order chi connectivity index (χ0) is 14.0.